The van der Waals surface area contributed by atoms with Crippen LogP contribution in [0.25, 0.3) is 0 Å². The Hall–Kier alpha value is -2.62. The Morgan fingerprint density at radius 1 is 1.17 bits per heavy atom. The second-order valence-electron chi connectivity index (χ2n) is 6.50. The highest BCUT2D eigenvalue weighted by Gasteiger charge is 2.25. The lowest BCUT2D eigenvalue weighted by Crippen LogP contribution is -2.30. The largest absolute Gasteiger partial charge is 0.447 e. The summed E-state index contributed by atoms with van der Waals surface area (Å²) in [5.74, 6) is -0.418. The molecule has 30 heavy (non-hydrogen) atoms. The molecule has 8 nitrogen and oxygen atoms in total. The average Bonchev–Trinajstić information content (AvgIpc) is 3.16. The van der Waals surface area contributed by atoms with Gasteiger partial charge in [-0.05, 0) is 42.5 Å². The predicted molar refractivity (Wildman–Crippen MR) is 115 cm³/mol. The summed E-state index contributed by atoms with van der Waals surface area (Å²) < 4.78 is 31.8. The number of halogens is 1. The number of carbonyl (C=O) groups is 2. The first-order valence-corrected chi connectivity index (χ1v) is 11.2. The maximum absolute atomic E-state index is 12.8. The molecule has 0 radical (unpaired) electrons. The van der Waals surface area contributed by atoms with E-state index in [1.807, 2.05) is 0 Å². The third-order valence-corrected chi connectivity index (χ3v) is 7.25. The molecule has 1 N–H and O–H groups in total. The summed E-state index contributed by atoms with van der Waals surface area (Å²) >= 11 is 6.12. The first-order valence-electron chi connectivity index (χ1n) is 9.43. The molecule has 2 amide bonds. The number of carbonyl (C=O) groups excluding carboxylic acids is 2. The van der Waals surface area contributed by atoms with Gasteiger partial charge in [-0.15, -0.1) is 0 Å². The van der Waals surface area contributed by atoms with Crippen LogP contribution in [0, 0.1) is 0 Å². The molecular formula is C20H22ClN3O5S. The number of sulfonamides is 1. The van der Waals surface area contributed by atoms with Crippen LogP contribution in [-0.4, -0.2) is 51.0 Å². The maximum Gasteiger partial charge on any atom is 0.414 e. The first-order chi connectivity index (χ1) is 14.3. The average molecular weight is 452 g/mol. The van der Waals surface area contributed by atoms with Gasteiger partial charge < -0.3 is 10.1 Å². The van der Waals surface area contributed by atoms with E-state index in [4.69, 9.17) is 16.3 Å². The fourth-order valence-electron chi connectivity index (χ4n) is 3.11. The number of amides is 2. The van der Waals surface area contributed by atoms with E-state index < -0.39 is 22.0 Å². The summed E-state index contributed by atoms with van der Waals surface area (Å²) in [6.45, 7) is 4.89. The molecular weight excluding hydrogens is 430 g/mol. The van der Waals surface area contributed by atoms with E-state index in [0.717, 1.165) is 0 Å². The van der Waals surface area contributed by atoms with Gasteiger partial charge in [-0.25, -0.2) is 13.2 Å². The normalized spacial score (nSPS) is 14.1. The van der Waals surface area contributed by atoms with E-state index >= 15 is 0 Å². The molecule has 1 aliphatic heterocycles. The molecule has 0 unspecified atom stereocenters. The van der Waals surface area contributed by atoms with Gasteiger partial charge in [-0.1, -0.05) is 25.4 Å². The van der Waals surface area contributed by atoms with Crippen LogP contribution in [0.5, 0.6) is 0 Å². The van der Waals surface area contributed by atoms with Crippen molar-refractivity contribution in [1.82, 2.24) is 4.31 Å². The van der Waals surface area contributed by atoms with E-state index in [2.05, 4.69) is 5.32 Å². The Bertz CT molecular complexity index is 1050. The van der Waals surface area contributed by atoms with E-state index in [9.17, 15) is 18.0 Å². The molecule has 1 heterocycles. The van der Waals surface area contributed by atoms with Crippen molar-refractivity contribution in [3.63, 3.8) is 0 Å². The van der Waals surface area contributed by atoms with Crippen LogP contribution in [0.2, 0.25) is 5.02 Å². The summed E-state index contributed by atoms with van der Waals surface area (Å²) in [6, 6.07) is 10.8. The summed E-state index contributed by atoms with van der Waals surface area (Å²) in [5, 5.41) is 2.77. The van der Waals surface area contributed by atoms with Gasteiger partial charge in [0.15, 0.2) is 0 Å². The van der Waals surface area contributed by atoms with Gasteiger partial charge in [-0.3, -0.25) is 9.69 Å². The number of nitrogens with zero attached hydrogens (tertiary/aromatic N) is 2. The van der Waals surface area contributed by atoms with Crippen molar-refractivity contribution in [3.8, 4) is 0 Å². The minimum Gasteiger partial charge on any atom is -0.447 e. The Morgan fingerprint density at radius 3 is 2.40 bits per heavy atom. The Labute approximate surface area is 180 Å². The van der Waals surface area contributed by atoms with Crippen LogP contribution in [0.3, 0.4) is 0 Å². The number of cyclic esters (lactones) is 1. The fraction of sp³-hybridized carbons (Fsp3) is 0.300. The molecule has 0 saturated carbocycles. The number of benzene rings is 2. The Morgan fingerprint density at radius 2 is 1.83 bits per heavy atom. The summed E-state index contributed by atoms with van der Waals surface area (Å²) in [6.07, 6.45) is -0.421. The number of rotatable bonds is 7. The van der Waals surface area contributed by atoms with Crippen LogP contribution in [0.15, 0.2) is 47.4 Å². The maximum atomic E-state index is 12.8. The van der Waals surface area contributed by atoms with Crippen LogP contribution < -0.4 is 10.2 Å². The molecule has 1 fully saturated rings. The summed E-state index contributed by atoms with van der Waals surface area (Å²) in [5.41, 5.74) is 1.30. The van der Waals surface area contributed by atoms with Crippen LogP contribution in [-0.2, 0) is 14.8 Å². The molecule has 0 bridgehead atoms. The molecule has 2 aromatic carbocycles. The van der Waals surface area contributed by atoms with E-state index in [1.165, 1.54) is 27.4 Å². The zero-order valence-electron chi connectivity index (χ0n) is 16.6. The second-order valence-corrected chi connectivity index (χ2v) is 8.82. The van der Waals surface area contributed by atoms with Gasteiger partial charge in [0.2, 0.25) is 10.0 Å². The predicted octanol–water partition coefficient (Wildman–Crippen LogP) is 3.58. The molecule has 3 rings (SSSR count). The van der Waals surface area contributed by atoms with Gasteiger partial charge in [0.1, 0.15) is 11.5 Å². The standard InChI is InChI=1S/C20H22ClN3O5S/c1-3-23(4-2)30(27,28)18-13-15(7-10-17(18)21)22-19(25)14-5-8-16(9-6-14)24-11-12-29-20(24)26/h5-10,13H,3-4,11-12H2,1-2H3,(H,22,25). The van der Waals surface area contributed by atoms with E-state index in [-0.39, 0.29) is 9.92 Å². The minimum atomic E-state index is -3.77. The lowest BCUT2D eigenvalue weighted by Gasteiger charge is -2.19. The van der Waals surface area contributed by atoms with Crippen molar-refractivity contribution in [3.05, 3.63) is 53.1 Å². The lowest BCUT2D eigenvalue weighted by atomic mass is 10.1. The third kappa shape index (κ3) is 4.43. The minimum absolute atomic E-state index is 0.0615. The van der Waals surface area contributed by atoms with Crippen molar-refractivity contribution in [2.24, 2.45) is 0 Å². The van der Waals surface area contributed by atoms with E-state index in [1.54, 1.807) is 38.1 Å². The lowest BCUT2D eigenvalue weighted by molar-refractivity contribution is 0.102. The van der Waals surface area contributed by atoms with Gasteiger partial charge in [0.25, 0.3) is 5.91 Å². The summed E-state index contributed by atoms with van der Waals surface area (Å²) in [7, 11) is -3.77. The molecule has 160 valence electrons. The van der Waals surface area contributed by atoms with E-state index in [0.29, 0.717) is 43.2 Å². The van der Waals surface area contributed by atoms with Crippen molar-refractivity contribution in [2.45, 2.75) is 18.7 Å². The molecule has 0 aliphatic carbocycles. The molecule has 1 saturated heterocycles. The van der Waals surface area contributed by atoms with Crippen molar-refractivity contribution < 1.29 is 22.7 Å². The SMILES string of the molecule is CCN(CC)S(=O)(=O)c1cc(NC(=O)c2ccc(N3CCOC3=O)cc2)ccc1Cl. The Kier molecular flexibility index (Phi) is 6.64. The van der Waals surface area contributed by atoms with Crippen molar-refractivity contribution in [1.29, 1.82) is 0 Å². The zero-order chi connectivity index (χ0) is 21.9. The van der Waals surface area contributed by atoms with Crippen LogP contribution in [0.1, 0.15) is 24.2 Å². The highest BCUT2D eigenvalue weighted by Crippen LogP contribution is 2.28. The Balaban J connectivity index is 1.79. The summed E-state index contributed by atoms with van der Waals surface area (Å²) in [4.78, 5) is 25.6. The molecule has 0 atom stereocenters. The molecule has 2 aromatic rings. The molecule has 0 aromatic heterocycles. The molecule has 1 aliphatic rings. The topological polar surface area (TPSA) is 96.0 Å². The highest BCUT2D eigenvalue weighted by molar-refractivity contribution is 7.89. The number of ether oxygens (including phenoxy) is 1. The smallest absolute Gasteiger partial charge is 0.414 e. The number of hydrogen-bond acceptors (Lipinski definition) is 5. The fourth-order valence-corrected chi connectivity index (χ4v) is 5.06. The third-order valence-electron chi connectivity index (χ3n) is 4.71. The zero-order valence-corrected chi connectivity index (χ0v) is 18.2. The quantitative estimate of drug-likeness (QED) is 0.694. The van der Waals surface area contributed by atoms with Crippen LogP contribution >= 0.6 is 11.6 Å². The molecule has 0 spiro atoms. The first kappa shape index (κ1) is 22.1. The number of hydrogen-bond donors (Lipinski definition) is 1. The van der Waals surface area contributed by atoms with Gasteiger partial charge in [-0.2, -0.15) is 4.31 Å². The van der Waals surface area contributed by atoms with Gasteiger partial charge in [0, 0.05) is 30.0 Å². The van der Waals surface area contributed by atoms with Crippen molar-refractivity contribution in [2.75, 3.05) is 36.5 Å². The highest BCUT2D eigenvalue weighted by atomic mass is 35.5. The van der Waals surface area contributed by atoms with Crippen molar-refractivity contribution >= 4 is 45.0 Å². The number of anilines is 2. The van der Waals surface area contributed by atoms with Crippen LogP contribution in [0.4, 0.5) is 16.2 Å². The van der Waals surface area contributed by atoms with Gasteiger partial charge in [0.05, 0.1) is 11.6 Å². The molecule has 10 heteroatoms. The second kappa shape index (κ2) is 9.03. The van der Waals surface area contributed by atoms with Gasteiger partial charge >= 0.3 is 6.09 Å². The number of nitrogens with one attached hydrogen (secondary N) is 1. The monoisotopic (exact) mass is 451 g/mol.